The monoisotopic (exact) mass is 272 g/mol. The highest BCUT2D eigenvalue weighted by Gasteiger charge is 2.06. The van der Waals surface area contributed by atoms with E-state index >= 15 is 0 Å². The Balaban J connectivity index is 0.000000360. The maximum absolute atomic E-state index is 10.5. The van der Waals surface area contributed by atoms with Crippen LogP contribution in [0.5, 0.6) is 0 Å². The van der Waals surface area contributed by atoms with Crippen LogP contribution < -0.4 is 0 Å². The molecular weight excluding hydrogens is 252 g/mol. The Morgan fingerprint density at radius 1 is 1.22 bits per heavy atom. The predicted octanol–water partition coefficient (Wildman–Crippen LogP) is 2.86. The summed E-state index contributed by atoms with van der Waals surface area (Å²) >= 11 is 0. The molecule has 1 rings (SSSR count). The van der Waals surface area contributed by atoms with Crippen molar-refractivity contribution in [2.75, 3.05) is 0 Å². The highest BCUT2D eigenvalue weighted by atomic mass is 32.2. The van der Waals surface area contributed by atoms with E-state index in [0.717, 1.165) is 12.0 Å². The number of rotatable bonds is 3. The van der Waals surface area contributed by atoms with Gasteiger partial charge in [0.2, 0.25) is 0 Å². The largest absolute Gasteiger partial charge is 0.300 e. The fourth-order valence-electron chi connectivity index (χ4n) is 1.29. The molecule has 0 saturated carbocycles. The molecule has 0 radical (unpaired) electrons. The lowest BCUT2D eigenvalue weighted by molar-refractivity contribution is -0.117. The van der Waals surface area contributed by atoms with Crippen LogP contribution in [0.1, 0.15) is 32.8 Å². The average Bonchev–Trinajstić information content (AvgIpc) is 2.15. The lowest BCUT2D eigenvalue weighted by atomic mass is 10.1. The van der Waals surface area contributed by atoms with Crippen molar-refractivity contribution in [2.24, 2.45) is 5.92 Å². The third-order valence-corrected chi connectivity index (χ3v) is 2.88. The first-order valence-corrected chi connectivity index (χ1v) is 7.10. The number of Topliss-reactive ketones (excluding diaryl/α,β-unsaturated/α-hetero) is 1. The Hall–Kier alpha value is -1.20. The summed E-state index contributed by atoms with van der Waals surface area (Å²) in [5, 5.41) is 0. The summed E-state index contributed by atoms with van der Waals surface area (Å²) in [7, 11) is -4.02. The van der Waals surface area contributed by atoms with Crippen LogP contribution in [0.25, 0.3) is 0 Å². The average molecular weight is 272 g/mol. The van der Waals surface area contributed by atoms with E-state index in [9.17, 15) is 13.2 Å². The van der Waals surface area contributed by atoms with Gasteiger partial charge in [-0.3, -0.25) is 4.55 Å². The number of hydrogen-bond acceptors (Lipinski definition) is 3. The van der Waals surface area contributed by atoms with E-state index in [1.807, 2.05) is 20.8 Å². The topological polar surface area (TPSA) is 71.4 Å². The third kappa shape index (κ3) is 7.97. The van der Waals surface area contributed by atoms with Crippen LogP contribution in [0.3, 0.4) is 0 Å². The molecule has 0 unspecified atom stereocenters. The van der Waals surface area contributed by atoms with E-state index in [1.54, 1.807) is 19.1 Å². The molecular formula is C13H20O4S. The molecule has 0 aliphatic carbocycles. The van der Waals surface area contributed by atoms with Crippen LogP contribution in [0.4, 0.5) is 0 Å². The molecule has 0 saturated heterocycles. The first-order chi connectivity index (χ1) is 8.12. The van der Waals surface area contributed by atoms with E-state index in [-0.39, 0.29) is 10.7 Å². The van der Waals surface area contributed by atoms with Gasteiger partial charge in [-0.15, -0.1) is 0 Å². The van der Waals surface area contributed by atoms with Crippen molar-refractivity contribution in [3.63, 3.8) is 0 Å². The summed E-state index contributed by atoms with van der Waals surface area (Å²) in [6.07, 6.45) is 0.722. The van der Waals surface area contributed by atoms with Gasteiger partial charge in [0.15, 0.2) is 0 Å². The van der Waals surface area contributed by atoms with Gasteiger partial charge in [0, 0.05) is 6.42 Å². The molecule has 0 spiro atoms. The molecule has 0 heterocycles. The van der Waals surface area contributed by atoms with Crippen molar-refractivity contribution >= 4 is 15.9 Å². The second kappa shape index (κ2) is 7.28. The maximum atomic E-state index is 10.5. The molecule has 18 heavy (non-hydrogen) atoms. The molecule has 102 valence electrons. The van der Waals surface area contributed by atoms with Crippen molar-refractivity contribution in [1.29, 1.82) is 0 Å². The van der Waals surface area contributed by atoms with E-state index < -0.39 is 10.1 Å². The Bertz CT molecular complexity index is 472. The lowest BCUT2D eigenvalue weighted by Gasteiger charge is -1.95. The minimum absolute atomic E-state index is 0.0666. The first-order valence-electron chi connectivity index (χ1n) is 5.66. The van der Waals surface area contributed by atoms with Gasteiger partial charge in [-0.2, -0.15) is 8.42 Å². The fraction of sp³-hybridized carbons (Fsp3) is 0.462. The van der Waals surface area contributed by atoms with E-state index in [2.05, 4.69) is 0 Å². The maximum Gasteiger partial charge on any atom is 0.294 e. The quantitative estimate of drug-likeness (QED) is 0.859. The number of aryl methyl sites for hydroxylation is 1. The SMILES string of the molecule is CC(=O)CC(C)C.Cc1ccc(S(=O)(=O)O)cc1. The van der Waals surface area contributed by atoms with Crippen molar-refractivity contribution in [2.45, 2.75) is 39.0 Å². The van der Waals surface area contributed by atoms with Crippen LogP contribution in [0.15, 0.2) is 29.2 Å². The smallest absolute Gasteiger partial charge is 0.294 e. The van der Waals surface area contributed by atoms with Gasteiger partial charge in [0.25, 0.3) is 10.1 Å². The van der Waals surface area contributed by atoms with E-state index in [4.69, 9.17) is 4.55 Å². The zero-order chi connectivity index (χ0) is 14.3. The lowest BCUT2D eigenvalue weighted by Crippen LogP contribution is -1.96. The third-order valence-electron chi connectivity index (χ3n) is 2.01. The van der Waals surface area contributed by atoms with Gasteiger partial charge in [-0.1, -0.05) is 31.5 Å². The molecule has 0 fully saturated rings. The fourth-order valence-corrected chi connectivity index (χ4v) is 1.77. The molecule has 1 N–H and O–H groups in total. The summed E-state index contributed by atoms with van der Waals surface area (Å²) in [6.45, 7) is 7.55. The highest BCUT2D eigenvalue weighted by molar-refractivity contribution is 7.85. The van der Waals surface area contributed by atoms with Gasteiger partial charge in [0.05, 0.1) is 4.90 Å². The number of benzene rings is 1. The first kappa shape index (κ1) is 16.8. The molecule has 0 amide bonds. The molecule has 0 aromatic heterocycles. The summed E-state index contributed by atoms with van der Waals surface area (Å²) in [5.41, 5.74) is 0.956. The standard InChI is InChI=1S/C7H8O3S.C6H12O/c1-6-2-4-7(5-3-6)11(8,9)10;1-5(2)4-6(3)7/h2-5H,1H3,(H,8,9,10);5H,4H2,1-3H3. The number of carbonyl (C=O) groups is 1. The number of ketones is 1. The summed E-state index contributed by atoms with van der Waals surface area (Å²) < 4.78 is 29.6. The van der Waals surface area contributed by atoms with Gasteiger partial charge in [-0.25, -0.2) is 0 Å². The summed E-state index contributed by atoms with van der Waals surface area (Å²) in [4.78, 5) is 10.2. The Morgan fingerprint density at radius 2 is 1.67 bits per heavy atom. The normalized spacial score (nSPS) is 10.8. The highest BCUT2D eigenvalue weighted by Crippen LogP contribution is 2.08. The minimum atomic E-state index is -4.02. The van der Waals surface area contributed by atoms with Gasteiger partial charge in [-0.05, 0) is 31.9 Å². The molecule has 1 aromatic carbocycles. The zero-order valence-electron chi connectivity index (χ0n) is 11.2. The van der Waals surface area contributed by atoms with Gasteiger partial charge in [0.1, 0.15) is 5.78 Å². The van der Waals surface area contributed by atoms with Crippen molar-refractivity contribution in [3.05, 3.63) is 29.8 Å². The molecule has 0 bridgehead atoms. The second-order valence-corrected chi connectivity index (χ2v) is 6.01. The van der Waals surface area contributed by atoms with E-state index in [1.165, 1.54) is 12.1 Å². The molecule has 1 aromatic rings. The molecule has 0 aliphatic rings. The predicted molar refractivity (Wildman–Crippen MR) is 71.1 cm³/mol. The Morgan fingerprint density at radius 3 is 1.89 bits per heavy atom. The van der Waals surface area contributed by atoms with Crippen molar-refractivity contribution in [1.82, 2.24) is 0 Å². The molecule has 5 heteroatoms. The Labute approximate surface area is 109 Å². The number of carbonyl (C=O) groups excluding carboxylic acids is 1. The summed E-state index contributed by atoms with van der Waals surface area (Å²) in [6, 6.07) is 5.99. The Kier molecular flexibility index (Phi) is 6.80. The second-order valence-electron chi connectivity index (χ2n) is 4.59. The van der Waals surface area contributed by atoms with E-state index in [0.29, 0.717) is 5.92 Å². The van der Waals surface area contributed by atoms with Crippen molar-refractivity contribution in [3.8, 4) is 0 Å². The van der Waals surface area contributed by atoms with Crippen LogP contribution in [-0.4, -0.2) is 18.8 Å². The van der Waals surface area contributed by atoms with Crippen LogP contribution in [0.2, 0.25) is 0 Å². The molecule has 0 atom stereocenters. The minimum Gasteiger partial charge on any atom is -0.300 e. The molecule has 0 aliphatic heterocycles. The van der Waals surface area contributed by atoms with Gasteiger partial charge >= 0.3 is 0 Å². The summed E-state index contributed by atoms with van der Waals surface area (Å²) in [5.74, 6) is 0.813. The van der Waals surface area contributed by atoms with Crippen LogP contribution >= 0.6 is 0 Å². The molecule has 4 nitrogen and oxygen atoms in total. The van der Waals surface area contributed by atoms with Crippen LogP contribution in [-0.2, 0) is 14.9 Å². The van der Waals surface area contributed by atoms with Crippen molar-refractivity contribution < 1.29 is 17.8 Å². The van der Waals surface area contributed by atoms with Gasteiger partial charge < -0.3 is 4.79 Å². The van der Waals surface area contributed by atoms with Crippen LogP contribution in [0, 0.1) is 12.8 Å². The number of hydrogen-bond donors (Lipinski definition) is 1. The zero-order valence-corrected chi connectivity index (χ0v) is 12.0.